The maximum atomic E-state index is 12.7. The smallest absolute Gasteiger partial charge is 0.198 e. The molecule has 0 radical (unpaired) electrons. The van der Waals surface area contributed by atoms with E-state index in [2.05, 4.69) is 4.98 Å². The molecule has 0 amide bonds. The van der Waals surface area contributed by atoms with E-state index in [-0.39, 0.29) is 5.43 Å². The largest absolute Gasteiger partial charge is 0.370 e. The second kappa shape index (κ2) is 5.56. The number of nitrogens with one attached hydrogen (secondary N) is 2. The molecule has 4 nitrogen and oxygen atoms in total. The van der Waals surface area contributed by atoms with Crippen molar-refractivity contribution >= 4 is 22.5 Å². The third-order valence-electron chi connectivity index (χ3n) is 3.90. The lowest BCUT2D eigenvalue weighted by molar-refractivity contribution is -0.921. The summed E-state index contributed by atoms with van der Waals surface area (Å²) in [7, 11) is 0. The molecule has 0 unspecified atom stereocenters. The van der Waals surface area contributed by atoms with Crippen molar-refractivity contribution in [3.8, 4) is 0 Å². The molecule has 5 heteroatoms. The fraction of sp³-hybridized carbons (Fsp3) is 0.400. The standard InChI is InChI=1S/C15H17ClN2O2/c1-10-13(9-18-4-6-20-7-5-18)15(19)12-8-11(16)2-3-14(12)17-10/h2-3,8H,4-7,9H2,1H3,(H,17,19)/p+1. The van der Waals surface area contributed by atoms with Crippen molar-refractivity contribution in [1.82, 2.24) is 4.98 Å². The monoisotopic (exact) mass is 293 g/mol. The van der Waals surface area contributed by atoms with Crippen LogP contribution in [0.4, 0.5) is 0 Å². The highest BCUT2D eigenvalue weighted by atomic mass is 35.5. The highest BCUT2D eigenvalue weighted by Gasteiger charge is 2.18. The lowest BCUT2D eigenvalue weighted by Gasteiger charge is -2.24. The SMILES string of the molecule is Cc1[nH]c2ccc(Cl)cc2c(=O)c1C[NH+]1CCOCC1. The fourth-order valence-corrected chi connectivity index (χ4v) is 2.90. The number of aromatic amines is 1. The highest BCUT2D eigenvalue weighted by molar-refractivity contribution is 6.31. The Hall–Kier alpha value is -1.36. The van der Waals surface area contributed by atoms with Gasteiger partial charge in [-0.25, -0.2) is 0 Å². The second-order valence-electron chi connectivity index (χ2n) is 5.29. The van der Waals surface area contributed by atoms with Gasteiger partial charge in [-0.15, -0.1) is 0 Å². The van der Waals surface area contributed by atoms with Crippen molar-refractivity contribution in [2.45, 2.75) is 13.5 Å². The third kappa shape index (κ3) is 2.59. The molecular formula is C15H18ClN2O2+. The van der Waals surface area contributed by atoms with E-state index < -0.39 is 0 Å². The van der Waals surface area contributed by atoms with Crippen LogP contribution in [0.25, 0.3) is 10.9 Å². The molecule has 20 heavy (non-hydrogen) atoms. The summed E-state index contributed by atoms with van der Waals surface area (Å²) in [5, 5.41) is 1.27. The van der Waals surface area contributed by atoms with Crippen LogP contribution in [0.15, 0.2) is 23.0 Å². The minimum Gasteiger partial charge on any atom is -0.370 e. The van der Waals surface area contributed by atoms with Gasteiger partial charge in [-0.3, -0.25) is 4.79 Å². The number of halogens is 1. The molecule has 1 fully saturated rings. The first-order valence-electron chi connectivity index (χ1n) is 6.87. The van der Waals surface area contributed by atoms with Crippen molar-refractivity contribution in [2.24, 2.45) is 0 Å². The average molecular weight is 294 g/mol. The number of hydrogen-bond acceptors (Lipinski definition) is 2. The number of aryl methyl sites for hydroxylation is 1. The first-order chi connectivity index (χ1) is 9.65. The van der Waals surface area contributed by atoms with Crippen molar-refractivity contribution < 1.29 is 9.64 Å². The molecule has 2 aromatic rings. The minimum atomic E-state index is 0.0951. The molecule has 106 valence electrons. The summed E-state index contributed by atoms with van der Waals surface area (Å²) in [6.45, 7) is 6.15. The molecule has 1 aromatic carbocycles. The third-order valence-corrected chi connectivity index (χ3v) is 4.14. The molecular weight excluding hydrogens is 276 g/mol. The summed E-state index contributed by atoms with van der Waals surface area (Å²) >= 11 is 6.00. The Kier molecular flexibility index (Phi) is 3.78. The van der Waals surface area contributed by atoms with E-state index in [0.29, 0.717) is 10.4 Å². The molecule has 0 atom stereocenters. The molecule has 2 N–H and O–H groups in total. The van der Waals surface area contributed by atoms with E-state index in [4.69, 9.17) is 16.3 Å². The number of morpholine rings is 1. The summed E-state index contributed by atoms with van der Waals surface area (Å²) in [4.78, 5) is 17.4. The minimum absolute atomic E-state index is 0.0951. The average Bonchev–Trinajstić information content (AvgIpc) is 2.46. The number of fused-ring (bicyclic) bond motifs is 1. The molecule has 1 aliphatic rings. The fourth-order valence-electron chi connectivity index (χ4n) is 2.72. The zero-order valence-electron chi connectivity index (χ0n) is 11.5. The van der Waals surface area contributed by atoms with Crippen LogP contribution in [0.3, 0.4) is 0 Å². The zero-order chi connectivity index (χ0) is 14.1. The van der Waals surface area contributed by atoms with Crippen LogP contribution in [0.1, 0.15) is 11.3 Å². The van der Waals surface area contributed by atoms with Gasteiger partial charge >= 0.3 is 0 Å². The van der Waals surface area contributed by atoms with Gasteiger partial charge in [-0.1, -0.05) is 11.6 Å². The maximum absolute atomic E-state index is 12.7. The number of hydrogen-bond donors (Lipinski definition) is 2. The van der Waals surface area contributed by atoms with Gasteiger partial charge in [0, 0.05) is 21.6 Å². The Bertz CT molecular complexity index is 690. The topological polar surface area (TPSA) is 46.5 Å². The van der Waals surface area contributed by atoms with Crippen LogP contribution in [0.5, 0.6) is 0 Å². The number of H-pyrrole nitrogens is 1. The normalized spacial score (nSPS) is 16.7. The number of quaternary nitrogens is 1. The quantitative estimate of drug-likeness (QED) is 0.864. The Morgan fingerprint density at radius 2 is 2.10 bits per heavy atom. The van der Waals surface area contributed by atoms with Crippen LogP contribution in [-0.2, 0) is 11.3 Å². The van der Waals surface area contributed by atoms with Gasteiger partial charge in [0.2, 0.25) is 0 Å². The number of rotatable bonds is 2. The molecule has 0 spiro atoms. The summed E-state index contributed by atoms with van der Waals surface area (Å²) < 4.78 is 5.36. The van der Waals surface area contributed by atoms with Gasteiger partial charge < -0.3 is 14.6 Å². The van der Waals surface area contributed by atoms with Gasteiger partial charge in [0.1, 0.15) is 19.6 Å². The van der Waals surface area contributed by atoms with Crippen LogP contribution in [-0.4, -0.2) is 31.3 Å². The number of ether oxygens (including phenoxy) is 1. The number of benzene rings is 1. The van der Waals surface area contributed by atoms with Gasteiger partial charge in [0.15, 0.2) is 5.43 Å². The first kappa shape index (κ1) is 13.6. The van der Waals surface area contributed by atoms with Gasteiger partial charge in [-0.2, -0.15) is 0 Å². The molecule has 0 aliphatic carbocycles. The molecule has 1 saturated heterocycles. The van der Waals surface area contributed by atoms with Crippen molar-refractivity contribution in [2.75, 3.05) is 26.3 Å². The summed E-state index contributed by atoms with van der Waals surface area (Å²) in [5.41, 5.74) is 2.75. The van der Waals surface area contributed by atoms with Crippen molar-refractivity contribution in [3.05, 3.63) is 44.7 Å². The van der Waals surface area contributed by atoms with Crippen LogP contribution in [0.2, 0.25) is 5.02 Å². The molecule has 3 rings (SSSR count). The van der Waals surface area contributed by atoms with E-state index in [1.807, 2.05) is 13.0 Å². The predicted molar refractivity (Wildman–Crippen MR) is 79.5 cm³/mol. The van der Waals surface area contributed by atoms with Crippen molar-refractivity contribution in [1.29, 1.82) is 0 Å². The Labute approximate surface area is 122 Å². The van der Waals surface area contributed by atoms with E-state index in [1.54, 1.807) is 12.1 Å². The van der Waals surface area contributed by atoms with Crippen LogP contribution >= 0.6 is 11.6 Å². The Morgan fingerprint density at radius 3 is 2.85 bits per heavy atom. The molecule has 1 aliphatic heterocycles. The molecule has 1 aromatic heterocycles. The lowest BCUT2D eigenvalue weighted by atomic mass is 10.1. The van der Waals surface area contributed by atoms with E-state index >= 15 is 0 Å². The van der Waals surface area contributed by atoms with Crippen LogP contribution in [0, 0.1) is 6.92 Å². The van der Waals surface area contributed by atoms with Gasteiger partial charge in [0.25, 0.3) is 0 Å². The maximum Gasteiger partial charge on any atom is 0.198 e. The lowest BCUT2D eigenvalue weighted by Crippen LogP contribution is -3.13. The summed E-state index contributed by atoms with van der Waals surface area (Å²) in [6.07, 6.45) is 0. The second-order valence-corrected chi connectivity index (χ2v) is 5.72. The Balaban J connectivity index is 2.03. The summed E-state index contributed by atoms with van der Waals surface area (Å²) in [6, 6.07) is 5.40. The van der Waals surface area contributed by atoms with E-state index in [9.17, 15) is 4.79 Å². The van der Waals surface area contributed by atoms with E-state index in [0.717, 1.165) is 49.6 Å². The summed E-state index contributed by atoms with van der Waals surface area (Å²) in [5.74, 6) is 0. The Morgan fingerprint density at radius 1 is 1.35 bits per heavy atom. The number of aromatic nitrogens is 1. The highest BCUT2D eigenvalue weighted by Crippen LogP contribution is 2.16. The number of pyridine rings is 1. The molecule has 0 saturated carbocycles. The molecule has 0 bridgehead atoms. The molecule has 2 heterocycles. The first-order valence-corrected chi connectivity index (χ1v) is 7.25. The van der Waals surface area contributed by atoms with Crippen LogP contribution < -0.4 is 10.3 Å². The predicted octanol–water partition coefficient (Wildman–Crippen LogP) is 0.905. The zero-order valence-corrected chi connectivity index (χ0v) is 12.2. The van der Waals surface area contributed by atoms with E-state index in [1.165, 1.54) is 4.90 Å². The van der Waals surface area contributed by atoms with Gasteiger partial charge in [0.05, 0.1) is 18.8 Å². The van der Waals surface area contributed by atoms with Crippen molar-refractivity contribution in [3.63, 3.8) is 0 Å². The van der Waals surface area contributed by atoms with Gasteiger partial charge in [-0.05, 0) is 25.1 Å².